The van der Waals surface area contributed by atoms with E-state index in [9.17, 15) is 28.1 Å². The van der Waals surface area contributed by atoms with Gasteiger partial charge in [0.25, 0.3) is 0 Å². The lowest BCUT2D eigenvalue weighted by atomic mass is 10.2. The van der Waals surface area contributed by atoms with Crippen LogP contribution in [0, 0.1) is 0 Å². The van der Waals surface area contributed by atoms with Crippen LogP contribution in [0.15, 0.2) is 109 Å². The molecule has 0 aromatic heterocycles. The molecule has 0 aliphatic heterocycles. The third-order valence-corrected chi connectivity index (χ3v) is 13.4. The van der Waals surface area contributed by atoms with Gasteiger partial charge in [-0.2, -0.15) is 0 Å². The number of carbonyl (C=O) groups is 3. The van der Waals surface area contributed by atoms with Crippen molar-refractivity contribution in [3.8, 4) is 0 Å². The van der Waals surface area contributed by atoms with Crippen molar-refractivity contribution < 1.29 is 28.1 Å². The SMILES string of the molecule is CP(=O)(C(=O)c1ccccc1)c1cc(P(C)(=O)C(=O)c2ccccc2)cc(P(C)(=O)C(=O)c2ccccc2)c1. The Bertz CT molecular complexity index is 1500. The molecule has 0 heterocycles. The van der Waals surface area contributed by atoms with Crippen LogP contribution >= 0.6 is 21.4 Å². The van der Waals surface area contributed by atoms with E-state index in [0.29, 0.717) is 0 Å². The predicted molar refractivity (Wildman–Crippen MR) is 158 cm³/mol. The second-order valence-electron chi connectivity index (χ2n) is 9.49. The molecule has 39 heavy (non-hydrogen) atoms. The summed E-state index contributed by atoms with van der Waals surface area (Å²) in [5.41, 5.74) is -1.29. The van der Waals surface area contributed by atoms with Gasteiger partial charge in [-0.15, -0.1) is 0 Å². The molecule has 4 aromatic carbocycles. The van der Waals surface area contributed by atoms with Gasteiger partial charge in [0.1, 0.15) is 0 Å². The summed E-state index contributed by atoms with van der Waals surface area (Å²) in [7, 11) is -11.6. The summed E-state index contributed by atoms with van der Waals surface area (Å²) in [5.74, 6) is 0. The van der Waals surface area contributed by atoms with Crippen LogP contribution in [0.1, 0.15) is 31.1 Å². The van der Waals surface area contributed by atoms with E-state index in [0.717, 1.165) is 0 Å². The van der Waals surface area contributed by atoms with Crippen molar-refractivity contribution in [2.45, 2.75) is 0 Å². The summed E-state index contributed by atoms with van der Waals surface area (Å²) in [6, 6.07) is 28.2. The summed E-state index contributed by atoms with van der Waals surface area (Å²) in [6.45, 7) is 3.85. The van der Waals surface area contributed by atoms with Gasteiger partial charge in [-0.05, 0) is 18.2 Å². The minimum Gasteiger partial charge on any atom is -0.310 e. The van der Waals surface area contributed by atoms with Crippen LogP contribution in [0.5, 0.6) is 0 Å². The van der Waals surface area contributed by atoms with Gasteiger partial charge in [0.15, 0.2) is 21.4 Å². The Hall–Kier alpha value is -3.42. The first-order valence-corrected chi connectivity index (χ1v) is 18.5. The van der Waals surface area contributed by atoms with Crippen LogP contribution < -0.4 is 15.9 Å². The quantitative estimate of drug-likeness (QED) is 0.225. The molecule has 0 amide bonds. The maximum atomic E-state index is 14.1. The van der Waals surface area contributed by atoms with E-state index in [1.807, 2.05) is 0 Å². The predicted octanol–water partition coefficient (Wildman–Crippen LogP) is 6.06. The van der Waals surface area contributed by atoms with Gasteiger partial charge >= 0.3 is 0 Å². The Morgan fingerprint density at radius 3 is 0.821 bits per heavy atom. The molecule has 198 valence electrons. The number of rotatable bonds is 9. The summed E-state index contributed by atoms with van der Waals surface area (Å²) in [5, 5.41) is -0.0563. The van der Waals surface area contributed by atoms with Crippen LogP contribution in [-0.2, 0) is 13.7 Å². The summed E-state index contributed by atoms with van der Waals surface area (Å²) >= 11 is 0. The highest BCUT2D eigenvalue weighted by Gasteiger charge is 2.38. The van der Waals surface area contributed by atoms with Gasteiger partial charge in [-0.3, -0.25) is 14.4 Å². The van der Waals surface area contributed by atoms with Crippen LogP contribution in [0.25, 0.3) is 0 Å². The molecule has 0 saturated carbocycles. The van der Waals surface area contributed by atoms with Crippen molar-refractivity contribution in [2.24, 2.45) is 0 Å². The van der Waals surface area contributed by atoms with Gasteiger partial charge in [0.05, 0.1) is 0 Å². The summed E-state index contributed by atoms with van der Waals surface area (Å²) in [4.78, 5) is 40.1. The lowest BCUT2D eigenvalue weighted by Crippen LogP contribution is -2.27. The van der Waals surface area contributed by atoms with E-state index in [-0.39, 0.29) is 32.6 Å². The average molecular weight is 576 g/mol. The van der Waals surface area contributed by atoms with Crippen LogP contribution in [0.2, 0.25) is 0 Å². The largest absolute Gasteiger partial charge is 0.310 e. The fourth-order valence-electron chi connectivity index (χ4n) is 4.15. The maximum absolute atomic E-state index is 14.1. The minimum atomic E-state index is -3.86. The van der Waals surface area contributed by atoms with Crippen LogP contribution in [-0.4, -0.2) is 36.6 Å². The molecule has 3 atom stereocenters. The van der Waals surface area contributed by atoms with Crippen LogP contribution in [0.3, 0.4) is 0 Å². The molecule has 3 unspecified atom stereocenters. The van der Waals surface area contributed by atoms with Gasteiger partial charge < -0.3 is 13.7 Å². The molecule has 9 heteroatoms. The smallest absolute Gasteiger partial charge is 0.225 e. The Labute approximate surface area is 227 Å². The number of benzene rings is 4. The zero-order chi connectivity index (χ0) is 28.4. The Morgan fingerprint density at radius 2 is 0.615 bits per heavy atom. The first-order chi connectivity index (χ1) is 18.4. The zero-order valence-electron chi connectivity index (χ0n) is 21.7. The highest BCUT2D eigenvalue weighted by molar-refractivity contribution is 7.89. The van der Waals surface area contributed by atoms with Gasteiger partial charge in [0, 0.05) is 52.6 Å². The van der Waals surface area contributed by atoms with Gasteiger partial charge in [-0.25, -0.2) is 0 Å². The van der Waals surface area contributed by atoms with Crippen molar-refractivity contribution in [1.29, 1.82) is 0 Å². The monoisotopic (exact) mass is 576 g/mol. The molecular formula is C30H27O6P3. The Morgan fingerprint density at radius 1 is 0.410 bits per heavy atom. The normalized spacial score (nSPS) is 15.8. The zero-order valence-corrected chi connectivity index (χ0v) is 24.4. The minimum absolute atomic E-state index is 0.0188. The van der Waals surface area contributed by atoms with Crippen molar-refractivity contribution in [3.63, 3.8) is 0 Å². The topological polar surface area (TPSA) is 102 Å². The second kappa shape index (κ2) is 11.0. The lowest BCUT2D eigenvalue weighted by molar-refractivity contribution is 0.107. The number of carbonyl (C=O) groups excluding carboxylic acids is 3. The molecule has 0 spiro atoms. The first-order valence-electron chi connectivity index (χ1n) is 12.1. The van der Waals surface area contributed by atoms with Gasteiger partial charge in [-0.1, -0.05) is 91.0 Å². The molecule has 6 nitrogen and oxygen atoms in total. The maximum Gasteiger partial charge on any atom is 0.225 e. The standard InChI is InChI=1S/C30H27O6P3/c1-37(34,28(31)22-13-7-4-8-14-22)25-19-26(38(2,35)29(32)23-15-9-5-10-16-23)21-27(20-25)39(3,36)30(33)24-17-11-6-12-18-24/h4-21H,1-3H3. The molecule has 0 N–H and O–H groups in total. The third-order valence-electron chi connectivity index (χ3n) is 6.59. The molecule has 0 fully saturated rings. The third kappa shape index (κ3) is 5.65. The molecule has 4 aromatic rings. The van der Waals surface area contributed by atoms with E-state index in [1.54, 1.807) is 54.6 Å². The van der Waals surface area contributed by atoms with E-state index in [1.165, 1.54) is 74.6 Å². The van der Waals surface area contributed by atoms with E-state index in [4.69, 9.17) is 0 Å². The van der Waals surface area contributed by atoms with Gasteiger partial charge in [0.2, 0.25) is 16.6 Å². The molecular weight excluding hydrogens is 549 g/mol. The molecule has 0 bridgehead atoms. The first kappa shape index (κ1) is 28.6. The molecule has 4 rings (SSSR count). The van der Waals surface area contributed by atoms with Crippen molar-refractivity contribution >= 4 is 53.9 Å². The molecule has 0 aliphatic rings. The molecule has 0 radical (unpaired) electrons. The highest BCUT2D eigenvalue weighted by Crippen LogP contribution is 2.50. The Balaban J connectivity index is 1.93. The highest BCUT2D eigenvalue weighted by atomic mass is 31.2. The lowest BCUT2D eigenvalue weighted by Gasteiger charge is -2.21. The second-order valence-corrected chi connectivity index (χ2v) is 17.8. The van der Waals surface area contributed by atoms with Crippen molar-refractivity contribution in [3.05, 3.63) is 126 Å². The number of hydrogen-bond acceptors (Lipinski definition) is 6. The van der Waals surface area contributed by atoms with Crippen LogP contribution in [0.4, 0.5) is 0 Å². The summed E-state index contributed by atoms with van der Waals surface area (Å²) < 4.78 is 42.2. The average Bonchev–Trinajstić information content (AvgIpc) is 2.97. The van der Waals surface area contributed by atoms with Crippen molar-refractivity contribution in [2.75, 3.05) is 20.0 Å². The Kier molecular flexibility index (Phi) is 8.05. The fraction of sp³-hybridized carbons (Fsp3) is 0.100. The van der Waals surface area contributed by atoms with E-state index < -0.39 is 38.0 Å². The molecule has 0 saturated heterocycles. The number of hydrogen-bond donors (Lipinski definition) is 0. The van der Waals surface area contributed by atoms with Crippen molar-refractivity contribution in [1.82, 2.24) is 0 Å². The molecule has 0 aliphatic carbocycles. The fourth-order valence-corrected chi connectivity index (χ4v) is 9.40. The van der Waals surface area contributed by atoms with E-state index in [2.05, 4.69) is 0 Å². The summed E-state index contributed by atoms with van der Waals surface area (Å²) in [6.07, 6.45) is 0. The van der Waals surface area contributed by atoms with E-state index >= 15 is 0 Å².